The van der Waals surface area contributed by atoms with E-state index < -0.39 is 10.9 Å². The first-order valence-electron chi connectivity index (χ1n) is 6.27. The van der Waals surface area contributed by atoms with Crippen LogP contribution in [0.4, 0.5) is 5.69 Å². The molecule has 3 rings (SSSR count). The Morgan fingerprint density at radius 3 is 2.21 bits per heavy atom. The molecule has 0 amide bonds. The number of carbonyl (C=O) groups excluding carboxylic acids is 1. The number of non-ortho nitro benzene ring substituents is 1. The number of ether oxygens (including phenoxy) is 1. The van der Waals surface area contributed by atoms with Crippen molar-refractivity contribution in [2.45, 2.75) is 18.9 Å². The molecule has 2 aliphatic carbocycles. The Morgan fingerprint density at radius 2 is 1.74 bits per heavy atom. The van der Waals surface area contributed by atoms with Crippen LogP contribution in [0.5, 0.6) is 0 Å². The molecule has 0 aliphatic heterocycles. The second kappa shape index (κ2) is 4.50. The van der Waals surface area contributed by atoms with E-state index in [9.17, 15) is 14.9 Å². The summed E-state index contributed by atoms with van der Waals surface area (Å²) < 4.78 is 5.43. The van der Waals surface area contributed by atoms with Crippen molar-refractivity contribution in [3.8, 4) is 0 Å². The second-order valence-corrected chi connectivity index (χ2v) is 5.02. The molecule has 2 atom stereocenters. The van der Waals surface area contributed by atoms with Gasteiger partial charge in [-0.15, -0.1) is 0 Å². The van der Waals surface area contributed by atoms with E-state index in [1.54, 1.807) is 0 Å². The number of rotatable bonds is 3. The first-order valence-corrected chi connectivity index (χ1v) is 6.27. The molecule has 19 heavy (non-hydrogen) atoms. The molecule has 98 valence electrons. The van der Waals surface area contributed by atoms with E-state index in [-0.39, 0.29) is 11.8 Å². The molecule has 2 aliphatic rings. The molecule has 1 fully saturated rings. The van der Waals surface area contributed by atoms with Gasteiger partial charge in [-0.1, -0.05) is 12.2 Å². The Balaban J connectivity index is 1.62. The van der Waals surface area contributed by atoms with Crippen LogP contribution < -0.4 is 0 Å². The Labute approximate surface area is 110 Å². The van der Waals surface area contributed by atoms with Crippen LogP contribution in [0, 0.1) is 22.0 Å². The summed E-state index contributed by atoms with van der Waals surface area (Å²) in [4.78, 5) is 21.9. The average Bonchev–Trinajstić information content (AvgIpc) is 2.66. The highest BCUT2D eigenvalue weighted by Crippen LogP contribution is 2.42. The van der Waals surface area contributed by atoms with Crippen LogP contribution in [-0.2, 0) is 4.74 Å². The third-order valence-corrected chi connectivity index (χ3v) is 3.81. The Hall–Kier alpha value is -2.17. The molecule has 0 N–H and O–H groups in total. The highest BCUT2D eigenvalue weighted by atomic mass is 16.6. The fraction of sp³-hybridized carbons (Fsp3) is 0.357. The van der Waals surface area contributed by atoms with Crippen molar-refractivity contribution in [2.75, 3.05) is 0 Å². The molecular weight excluding hydrogens is 246 g/mol. The van der Waals surface area contributed by atoms with Gasteiger partial charge in [0.15, 0.2) is 0 Å². The van der Waals surface area contributed by atoms with E-state index in [0.717, 1.165) is 12.8 Å². The number of nitrogens with zero attached hydrogens (tertiary/aromatic N) is 1. The van der Waals surface area contributed by atoms with Crippen molar-refractivity contribution in [2.24, 2.45) is 11.8 Å². The molecule has 1 saturated carbocycles. The van der Waals surface area contributed by atoms with Gasteiger partial charge in [0.25, 0.3) is 5.69 Å². The zero-order chi connectivity index (χ0) is 13.4. The molecule has 0 radical (unpaired) electrons. The van der Waals surface area contributed by atoms with Crippen LogP contribution in [0.3, 0.4) is 0 Å². The van der Waals surface area contributed by atoms with Gasteiger partial charge >= 0.3 is 5.97 Å². The van der Waals surface area contributed by atoms with E-state index in [1.165, 1.54) is 24.3 Å². The predicted molar refractivity (Wildman–Crippen MR) is 67.7 cm³/mol. The average molecular weight is 259 g/mol. The Bertz CT molecular complexity index is 535. The van der Waals surface area contributed by atoms with Crippen molar-refractivity contribution < 1.29 is 14.5 Å². The summed E-state index contributed by atoms with van der Waals surface area (Å²) >= 11 is 0. The molecule has 0 aromatic heterocycles. The molecule has 0 saturated heterocycles. The number of hydrogen-bond donors (Lipinski definition) is 0. The number of nitro groups is 1. The van der Waals surface area contributed by atoms with E-state index in [4.69, 9.17) is 4.74 Å². The topological polar surface area (TPSA) is 69.4 Å². The fourth-order valence-electron chi connectivity index (χ4n) is 2.67. The van der Waals surface area contributed by atoms with Crippen molar-refractivity contribution in [3.63, 3.8) is 0 Å². The first-order chi connectivity index (χ1) is 9.13. The van der Waals surface area contributed by atoms with E-state index in [2.05, 4.69) is 12.2 Å². The Kier molecular flexibility index (Phi) is 2.81. The van der Waals surface area contributed by atoms with Gasteiger partial charge in [-0.25, -0.2) is 4.79 Å². The molecule has 0 heterocycles. The van der Waals surface area contributed by atoms with Crippen LogP contribution in [0.1, 0.15) is 23.2 Å². The summed E-state index contributed by atoms with van der Waals surface area (Å²) in [6.07, 6.45) is 6.06. The molecule has 5 heteroatoms. The number of fused-ring (bicyclic) bond motifs is 1. The lowest BCUT2D eigenvalue weighted by atomic mass is 9.86. The standard InChI is InChI=1S/C14H13NO4/c16-14(9-3-5-12(6-4-9)15(17)18)19-13-7-10-1-2-11(10)8-13/h1-6,10-11,13H,7-8H2. The number of carbonyl (C=O) groups is 1. The van der Waals surface area contributed by atoms with E-state index >= 15 is 0 Å². The van der Waals surface area contributed by atoms with Crippen LogP contribution in [0.2, 0.25) is 0 Å². The van der Waals surface area contributed by atoms with Crippen molar-refractivity contribution in [1.82, 2.24) is 0 Å². The third-order valence-electron chi connectivity index (χ3n) is 3.81. The third kappa shape index (κ3) is 2.23. The molecular formula is C14H13NO4. The summed E-state index contributed by atoms with van der Waals surface area (Å²) in [6.45, 7) is 0. The normalized spacial score (nSPS) is 27.5. The molecule has 0 bridgehead atoms. The highest BCUT2D eigenvalue weighted by Gasteiger charge is 2.37. The van der Waals surface area contributed by atoms with Crippen molar-refractivity contribution >= 4 is 11.7 Å². The Morgan fingerprint density at radius 1 is 1.16 bits per heavy atom. The lowest BCUT2D eigenvalue weighted by Gasteiger charge is -2.19. The molecule has 2 unspecified atom stereocenters. The smallest absolute Gasteiger partial charge is 0.338 e. The summed E-state index contributed by atoms with van der Waals surface area (Å²) in [5.74, 6) is 0.727. The predicted octanol–water partition coefficient (Wildman–Crippen LogP) is 2.72. The zero-order valence-corrected chi connectivity index (χ0v) is 10.2. The number of nitro benzene ring substituents is 1. The maximum Gasteiger partial charge on any atom is 0.338 e. The highest BCUT2D eigenvalue weighted by molar-refractivity contribution is 5.89. The maximum absolute atomic E-state index is 11.9. The lowest BCUT2D eigenvalue weighted by molar-refractivity contribution is -0.384. The number of allylic oxidation sites excluding steroid dienone is 2. The van der Waals surface area contributed by atoms with Gasteiger partial charge in [0.05, 0.1) is 10.5 Å². The van der Waals surface area contributed by atoms with Gasteiger partial charge in [0.1, 0.15) is 6.10 Å². The summed E-state index contributed by atoms with van der Waals surface area (Å²) in [6, 6.07) is 5.50. The van der Waals surface area contributed by atoms with Crippen LogP contribution >= 0.6 is 0 Å². The van der Waals surface area contributed by atoms with Gasteiger partial charge in [0, 0.05) is 12.1 Å². The second-order valence-electron chi connectivity index (χ2n) is 5.02. The van der Waals surface area contributed by atoms with E-state index in [1.807, 2.05) is 0 Å². The van der Waals surface area contributed by atoms with Gasteiger partial charge < -0.3 is 4.74 Å². The SMILES string of the molecule is O=C(OC1CC2C=CC2C1)c1ccc([N+](=O)[O-])cc1. The number of esters is 1. The summed E-state index contributed by atoms with van der Waals surface area (Å²) in [5.41, 5.74) is 0.331. The molecule has 1 aromatic rings. The minimum atomic E-state index is -0.491. The molecule has 5 nitrogen and oxygen atoms in total. The monoisotopic (exact) mass is 259 g/mol. The minimum Gasteiger partial charge on any atom is -0.459 e. The number of benzene rings is 1. The van der Waals surface area contributed by atoms with Crippen LogP contribution in [0.15, 0.2) is 36.4 Å². The van der Waals surface area contributed by atoms with Crippen LogP contribution in [0.25, 0.3) is 0 Å². The van der Waals surface area contributed by atoms with Gasteiger partial charge in [-0.2, -0.15) is 0 Å². The first kappa shape index (κ1) is 11.9. The lowest BCUT2D eigenvalue weighted by Crippen LogP contribution is -2.15. The van der Waals surface area contributed by atoms with Gasteiger partial charge in [-0.3, -0.25) is 10.1 Å². The largest absolute Gasteiger partial charge is 0.459 e. The zero-order valence-electron chi connectivity index (χ0n) is 10.2. The van der Waals surface area contributed by atoms with Crippen molar-refractivity contribution in [1.29, 1.82) is 0 Å². The van der Waals surface area contributed by atoms with Gasteiger partial charge in [0.2, 0.25) is 0 Å². The van der Waals surface area contributed by atoms with Crippen LogP contribution in [-0.4, -0.2) is 17.0 Å². The number of hydrogen-bond acceptors (Lipinski definition) is 4. The summed E-state index contributed by atoms with van der Waals surface area (Å²) in [7, 11) is 0. The van der Waals surface area contributed by atoms with Gasteiger partial charge in [-0.05, 0) is 36.8 Å². The fourth-order valence-corrected chi connectivity index (χ4v) is 2.67. The van der Waals surface area contributed by atoms with E-state index in [0.29, 0.717) is 17.4 Å². The minimum absolute atomic E-state index is 0.0281. The maximum atomic E-state index is 11.9. The van der Waals surface area contributed by atoms with Crippen molar-refractivity contribution in [3.05, 3.63) is 52.1 Å². The molecule has 0 spiro atoms. The summed E-state index contributed by atoms with van der Waals surface area (Å²) in [5, 5.41) is 10.5. The quantitative estimate of drug-likeness (QED) is 0.362. The molecule has 1 aromatic carbocycles.